The fourth-order valence-electron chi connectivity index (χ4n) is 4.37. The first-order chi connectivity index (χ1) is 15.5. The van der Waals surface area contributed by atoms with Crippen LogP contribution in [0.25, 0.3) is 0 Å². The lowest BCUT2D eigenvalue weighted by Gasteiger charge is -2.29. The second-order valence-corrected chi connectivity index (χ2v) is 9.07. The molecule has 2 aromatic rings. The Morgan fingerprint density at radius 1 is 0.656 bits per heavy atom. The number of carbonyl (C=O) groups is 2. The monoisotopic (exact) mass is 474 g/mol. The number of fused-ring (bicyclic) bond motifs is 1. The maximum Gasteiger partial charge on any atom is 0.343 e. The molecule has 2 heterocycles. The summed E-state index contributed by atoms with van der Waals surface area (Å²) in [5.41, 5.74) is 1.73. The summed E-state index contributed by atoms with van der Waals surface area (Å²) < 4.78 is 0. The molecule has 2 saturated heterocycles. The van der Waals surface area contributed by atoms with Crippen LogP contribution in [0.1, 0.15) is 63.0 Å². The van der Waals surface area contributed by atoms with E-state index in [2.05, 4.69) is 13.8 Å². The van der Waals surface area contributed by atoms with E-state index in [4.69, 9.17) is 23.2 Å². The van der Waals surface area contributed by atoms with Crippen LogP contribution >= 0.6 is 23.2 Å². The number of nitrogens with zero attached hydrogens (tertiary/aromatic N) is 4. The summed E-state index contributed by atoms with van der Waals surface area (Å²) in [6.45, 7) is 5.33. The molecule has 4 amide bonds. The van der Waals surface area contributed by atoms with Crippen molar-refractivity contribution in [1.29, 1.82) is 0 Å². The zero-order valence-electron chi connectivity index (χ0n) is 18.4. The summed E-state index contributed by atoms with van der Waals surface area (Å²) in [6.07, 6.45) is 2.62. The van der Waals surface area contributed by atoms with Crippen LogP contribution < -0.4 is 0 Å². The average molecular weight is 475 g/mol. The first-order valence-electron chi connectivity index (χ1n) is 11.2. The zero-order chi connectivity index (χ0) is 22.8. The van der Waals surface area contributed by atoms with Crippen LogP contribution in [0.5, 0.6) is 0 Å². The van der Waals surface area contributed by atoms with Crippen molar-refractivity contribution in [1.82, 2.24) is 19.8 Å². The Balaban J connectivity index is 1.79. The van der Waals surface area contributed by atoms with Gasteiger partial charge in [-0.15, -0.1) is 0 Å². The Kier molecular flexibility index (Phi) is 6.82. The number of urea groups is 2. The van der Waals surface area contributed by atoms with Gasteiger partial charge in [0.05, 0.1) is 0 Å². The van der Waals surface area contributed by atoms with Gasteiger partial charge in [-0.25, -0.2) is 19.6 Å². The largest absolute Gasteiger partial charge is 0.343 e. The molecule has 8 heteroatoms. The third-order valence-corrected chi connectivity index (χ3v) is 6.51. The Hall–Kier alpha value is -2.44. The van der Waals surface area contributed by atoms with Crippen molar-refractivity contribution in [2.45, 2.75) is 51.9 Å². The van der Waals surface area contributed by atoms with Gasteiger partial charge in [-0.1, -0.05) is 74.2 Å². The summed E-state index contributed by atoms with van der Waals surface area (Å²) in [5, 5.41) is 4.48. The van der Waals surface area contributed by atoms with Crippen LogP contribution in [0.2, 0.25) is 10.0 Å². The second kappa shape index (κ2) is 9.59. The van der Waals surface area contributed by atoms with Crippen molar-refractivity contribution in [2.24, 2.45) is 0 Å². The maximum atomic E-state index is 13.7. The van der Waals surface area contributed by atoms with Gasteiger partial charge in [0, 0.05) is 23.1 Å². The molecule has 2 aliphatic rings. The molecule has 170 valence electrons. The highest BCUT2D eigenvalue weighted by atomic mass is 35.5. The molecule has 2 aliphatic heterocycles. The van der Waals surface area contributed by atoms with Gasteiger partial charge in [0.2, 0.25) is 0 Å². The summed E-state index contributed by atoms with van der Waals surface area (Å²) >= 11 is 12.2. The van der Waals surface area contributed by atoms with Gasteiger partial charge < -0.3 is 0 Å². The van der Waals surface area contributed by atoms with Crippen molar-refractivity contribution in [3.05, 3.63) is 69.7 Å². The first-order valence-corrected chi connectivity index (χ1v) is 11.9. The first kappa shape index (κ1) is 22.7. The summed E-state index contributed by atoms with van der Waals surface area (Å²) in [5.74, 6) is 0. The van der Waals surface area contributed by atoms with E-state index in [1.54, 1.807) is 44.1 Å². The average Bonchev–Trinajstić information content (AvgIpc) is 3.23. The van der Waals surface area contributed by atoms with E-state index < -0.39 is 12.3 Å². The Labute approximate surface area is 199 Å². The van der Waals surface area contributed by atoms with Crippen LogP contribution in [0, 0.1) is 0 Å². The molecule has 0 spiro atoms. The number of halogens is 2. The molecule has 2 fully saturated rings. The molecule has 0 bridgehead atoms. The molecule has 0 aromatic heterocycles. The summed E-state index contributed by atoms with van der Waals surface area (Å²) in [6, 6.07) is 14.4. The molecule has 0 N–H and O–H groups in total. The third-order valence-electron chi connectivity index (χ3n) is 6.01. The van der Waals surface area contributed by atoms with Gasteiger partial charge in [-0.3, -0.25) is 9.80 Å². The van der Waals surface area contributed by atoms with E-state index in [1.165, 1.54) is 0 Å². The SMILES string of the molecule is CCCCN1C(=O)N2[C@H](c3ccc(Cl)cc3)N(CCCC)C(=O)N2[C@@H]1c1ccc(Cl)cc1. The molecule has 2 aromatic carbocycles. The Morgan fingerprint density at radius 3 is 1.31 bits per heavy atom. The minimum absolute atomic E-state index is 0.161. The molecule has 0 radical (unpaired) electrons. The predicted molar refractivity (Wildman–Crippen MR) is 126 cm³/mol. The molecule has 0 aliphatic carbocycles. The van der Waals surface area contributed by atoms with Crippen LogP contribution in [0.3, 0.4) is 0 Å². The van der Waals surface area contributed by atoms with Crippen molar-refractivity contribution in [3.8, 4) is 0 Å². The fourth-order valence-corrected chi connectivity index (χ4v) is 4.62. The Bertz CT molecular complexity index is 887. The number of hydrazine groups is 1. The number of unbranched alkanes of at least 4 members (excludes halogenated alkanes) is 2. The minimum atomic E-state index is -0.500. The molecule has 2 atom stereocenters. The second-order valence-electron chi connectivity index (χ2n) is 8.20. The summed E-state index contributed by atoms with van der Waals surface area (Å²) in [4.78, 5) is 31.1. The number of benzene rings is 2. The number of amides is 4. The van der Waals surface area contributed by atoms with Gasteiger partial charge >= 0.3 is 12.1 Å². The van der Waals surface area contributed by atoms with Crippen molar-refractivity contribution >= 4 is 35.3 Å². The van der Waals surface area contributed by atoms with Gasteiger partial charge in [0.25, 0.3) is 0 Å². The van der Waals surface area contributed by atoms with Crippen LogP contribution in [0.4, 0.5) is 9.59 Å². The van der Waals surface area contributed by atoms with E-state index in [1.807, 2.05) is 24.3 Å². The molecule has 4 rings (SSSR count). The standard InChI is InChI=1S/C24H28Cl2N4O2/c1-3-5-15-27-21(17-7-11-19(25)12-8-17)29-24(32)28(16-6-4-2)22(30(29)23(27)31)18-9-13-20(26)14-10-18/h7-14,21-22H,3-6,15-16H2,1-2H3/t21-,22-/m1/s1. The molecular formula is C24H28Cl2N4O2. The summed E-state index contributed by atoms with van der Waals surface area (Å²) in [7, 11) is 0. The smallest absolute Gasteiger partial charge is 0.297 e. The van der Waals surface area contributed by atoms with E-state index in [0.717, 1.165) is 36.8 Å². The van der Waals surface area contributed by atoms with Crippen molar-refractivity contribution in [3.63, 3.8) is 0 Å². The normalized spacial score (nSPS) is 20.5. The lowest BCUT2D eigenvalue weighted by molar-refractivity contribution is 0.0512. The van der Waals surface area contributed by atoms with Gasteiger partial charge in [0.15, 0.2) is 12.3 Å². The van der Waals surface area contributed by atoms with E-state index >= 15 is 0 Å². The highest BCUT2D eigenvalue weighted by Crippen LogP contribution is 2.46. The van der Waals surface area contributed by atoms with Crippen molar-refractivity contribution < 1.29 is 9.59 Å². The van der Waals surface area contributed by atoms with E-state index in [-0.39, 0.29) is 12.1 Å². The third kappa shape index (κ3) is 4.02. The zero-order valence-corrected chi connectivity index (χ0v) is 19.9. The van der Waals surface area contributed by atoms with Gasteiger partial charge in [0.1, 0.15) is 0 Å². The highest BCUT2D eigenvalue weighted by molar-refractivity contribution is 6.30. The topological polar surface area (TPSA) is 47.1 Å². The lowest BCUT2D eigenvalue weighted by atomic mass is 10.1. The number of rotatable bonds is 8. The van der Waals surface area contributed by atoms with Gasteiger partial charge in [-0.05, 0) is 48.2 Å². The van der Waals surface area contributed by atoms with Crippen LogP contribution in [0.15, 0.2) is 48.5 Å². The quantitative estimate of drug-likeness (QED) is 0.428. The van der Waals surface area contributed by atoms with E-state index in [0.29, 0.717) is 23.1 Å². The van der Waals surface area contributed by atoms with Gasteiger partial charge in [-0.2, -0.15) is 0 Å². The van der Waals surface area contributed by atoms with E-state index in [9.17, 15) is 9.59 Å². The minimum Gasteiger partial charge on any atom is -0.297 e. The number of carbonyl (C=O) groups excluding carboxylic acids is 2. The lowest BCUT2D eigenvalue weighted by Crippen LogP contribution is -2.40. The Morgan fingerprint density at radius 2 is 1.00 bits per heavy atom. The number of hydrogen-bond acceptors (Lipinski definition) is 2. The number of hydrogen-bond donors (Lipinski definition) is 0. The maximum absolute atomic E-state index is 13.7. The molecule has 0 saturated carbocycles. The molecular weight excluding hydrogens is 447 g/mol. The fraction of sp³-hybridized carbons (Fsp3) is 0.417. The van der Waals surface area contributed by atoms with Crippen molar-refractivity contribution in [2.75, 3.05) is 13.1 Å². The molecule has 6 nitrogen and oxygen atoms in total. The van der Waals surface area contributed by atoms with Crippen LogP contribution in [-0.2, 0) is 0 Å². The molecule has 0 unspecified atom stereocenters. The van der Waals surface area contributed by atoms with Crippen LogP contribution in [-0.4, -0.2) is 45.0 Å². The highest BCUT2D eigenvalue weighted by Gasteiger charge is 2.58. The predicted octanol–water partition coefficient (Wildman–Crippen LogP) is 6.68. The molecule has 32 heavy (non-hydrogen) atoms.